The van der Waals surface area contributed by atoms with Gasteiger partial charge in [0.2, 0.25) is 0 Å². The molecule has 7 nitrogen and oxygen atoms in total. The summed E-state index contributed by atoms with van der Waals surface area (Å²) in [6.45, 7) is 9.41. The number of carbonyl (C=O) groups excluding carboxylic acids is 1. The molecule has 0 spiro atoms. The van der Waals surface area contributed by atoms with E-state index in [-0.39, 0.29) is 18.0 Å². The Morgan fingerprint density at radius 2 is 1.90 bits per heavy atom. The normalized spacial score (nSPS) is 14.2. The lowest BCUT2D eigenvalue weighted by Gasteiger charge is -2.21. The molecule has 3 aromatic rings. The van der Waals surface area contributed by atoms with Crippen LogP contribution in [0.4, 0.5) is 29.1 Å². The number of aromatic nitrogens is 3. The SMILES string of the molecule is C[Si](C)(C)CCOCn1nccc1-c1cc(C(=O)Nc2ccc(SC(F)(F)F)c(F)c2)cnc1N1CCCC1. The predicted octanol–water partition coefficient (Wildman–Crippen LogP) is 6.86. The number of nitrogens with one attached hydrogen (secondary N) is 1. The first kappa shape index (κ1) is 29.1. The number of rotatable bonds is 10. The molecule has 0 bridgehead atoms. The fraction of sp³-hybridized carbons (Fsp3) is 0.423. The highest BCUT2D eigenvalue weighted by atomic mass is 32.2. The van der Waals surface area contributed by atoms with Crippen molar-refractivity contribution in [1.82, 2.24) is 14.8 Å². The third-order valence-electron chi connectivity index (χ3n) is 6.15. The molecule has 1 saturated heterocycles. The van der Waals surface area contributed by atoms with Gasteiger partial charge in [0.05, 0.1) is 16.2 Å². The fourth-order valence-electron chi connectivity index (χ4n) is 4.13. The van der Waals surface area contributed by atoms with Gasteiger partial charge in [-0.05, 0) is 61.0 Å². The number of nitrogens with zero attached hydrogens (tertiary/aromatic N) is 4. The van der Waals surface area contributed by atoms with Crippen molar-refractivity contribution in [2.45, 2.75) is 55.7 Å². The van der Waals surface area contributed by atoms with E-state index >= 15 is 0 Å². The van der Waals surface area contributed by atoms with E-state index in [1.54, 1.807) is 16.9 Å². The molecule has 1 amide bonds. The molecule has 0 aliphatic carbocycles. The molecular formula is C26H31F4N5O2SSi. The van der Waals surface area contributed by atoms with Crippen LogP contribution in [-0.2, 0) is 11.5 Å². The van der Waals surface area contributed by atoms with Gasteiger partial charge >= 0.3 is 5.51 Å². The van der Waals surface area contributed by atoms with Gasteiger partial charge in [0.1, 0.15) is 18.4 Å². The van der Waals surface area contributed by atoms with Crippen LogP contribution in [0.15, 0.2) is 47.6 Å². The van der Waals surface area contributed by atoms with Gasteiger partial charge in [0.15, 0.2) is 0 Å². The number of carbonyl (C=O) groups is 1. The molecule has 210 valence electrons. The lowest BCUT2D eigenvalue weighted by Crippen LogP contribution is -2.22. The predicted molar refractivity (Wildman–Crippen MR) is 147 cm³/mol. The van der Waals surface area contributed by atoms with Crippen molar-refractivity contribution in [2.24, 2.45) is 0 Å². The largest absolute Gasteiger partial charge is 0.446 e. The van der Waals surface area contributed by atoms with E-state index < -0.39 is 42.0 Å². The van der Waals surface area contributed by atoms with Crippen molar-refractivity contribution >= 4 is 37.2 Å². The summed E-state index contributed by atoms with van der Waals surface area (Å²) in [7, 11) is -1.24. The van der Waals surface area contributed by atoms with Crippen LogP contribution in [0.5, 0.6) is 0 Å². The molecule has 39 heavy (non-hydrogen) atoms. The summed E-state index contributed by atoms with van der Waals surface area (Å²) in [6.07, 6.45) is 5.19. The molecule has 0 saturated carbocycles. The summed E-state index contributed by atoms with van der Waals surface area (Å²) in [5.74, 6) is -0.909. The van der Waals surface area contributed by atoms with Crippen LogP contribution in [-0.4, -0.2) is 54.0 Å². The van der Waals surface area contributed by atoms with Crippen molar-refractivity contribution in [3.05, 3.63) is 54.1 Å². The Hall–Kier alpha value is -2.90. The highest BCUT2D eigenvalue weighted by molar-refractivity contribution is 8.00. The summed E-state index contributed by atoms with van der Waals surface area (Å²) < 4.78 is 59.7. The zero-order chi connectivity index (χ0) is 28.2. The molecule has 1 aromatic carbocycles. The third-order valence-corrected chi connectivity index (χ3v) is 8.64. The molecular weight excluding hydrogens is 550 g/mol. The second-order valence-electron chi connectivity index (χ2n) is 10.5. The van der Waals surface area contributed by atoms with Crippen LogP contribution in [0.2, 0.25) is 25.7 Å². The summed E-state index contributed by atoms with van der Waals surface area (Å²) in [5, 5.41) is 6.97. The monoisotopic (exact) mass is 581 g/mol. The molecule has 3 heterocycles. The number of amides is 1. The van der Waals surface area contributed by atoms with Gasteiger partial charge < -0.3 is 15.0 Å². The van der Waals surface area contributed by atoms with Gasteiger partial charge in [-0.1, -0.05) is 19.6 Å². The molecule has 4 rings (SSSR count). The topological polar surface area (TPSA) is 72.3 Å². The highest BCUT2D eigenvalue weighted by Gasteiger charge is 2.31. The van der Waals surface area contributed by atoms with Crippen LogP contribution in [0.3, 0.4) is 0 Å². The fourth-order valence-corrected chi connectivity index (χ4v) is 5.43. The van der Waals surface area contributed by atoms with Crippen molar-refractivity contribution in [2.75, 3.05) is 29.9 Å². The number of hydrogen-bond acceptors (Lipinski definition) is 6. The van der Waals surface area contributed by atoms with Crippen molar-refractivity contribution in [1.29, 1.82) is 0 Å². The first-order chi connectivity index (χ1) is 18.4. The molecule has 2 aromatic heterocycles. The Balaban J connectivity index is 1.57. The summed E-state index contributed by atoms with van der Waals surface area (Å²) in [6, 6.07) is 7.66. The van der Waals surface area contributed by atoms with E-state index in [0.29, 0.717) is 12.2 Å². The van der Waals surface area contributed by atoms with Crippen molar-refractivity contribution in [3.8, 4) is 11.3 Å². The molecule has 0 unspecified atom stereocenters. The number of halogens is 4. The summed E-state index contributed by atoms with van der Waals surface area (Å²) >= 11 is -0.544. The maximum atomic E-state index is 14.2. The summed E-state index contributed by atoms with van der Waals surface area (Å²) in [4.78, 5) is 19.3. The molecule has 1 aliphatic rings. The maximum absolute atomic E-state index is 14.2. The number of hydrogen-bond donors (Lipinski definition) is 1. The molecule has 1 aliphatic heterocycles. The van der Waals surface area contributed by atoms with Crippen LogP contribution in [0.25, 0.3) is 11.3 Å². The van der Waals surface area contributed by atoms with Gasteiger partial charge in [-0.25, -0.2) is 14.1 Å². The highest BCUT2D eigenvalue weighted by Crippen LogP contribution is 2.39. The number of pyridine rings is 1. The van der Waals surface area contributed by atoms with Crippen LogP contribution in [0, 0.1) is 5.82 Å². The van der Waals surface area contributed by atoms with Crippen LogP contribution < -0.4 is 10.2 Å². The van der Waals surface area contributed by atoms with Gasteiger partial charge in [-0.2, -0.15) is 18.3 Å². The first-order valence-corrected chi connectivity index (χ1v) is 17.1. The minimum absolute atomic E-state index is 0.0371. The van der Waals surface area contributed by atoms with E-state index in [1.807, 2.05) is 6.07 Å². The maximum Gasteiger partial charge on any atom is 0.446 e. The lowest BCUT2D eigenvalue weighted by atomic mass is 10.1. The van der Waals surface area contributed by atoms with E-state index in [1.165, 1.54) is 12.3 Å². The molecule has 13 heteroatoms. The lowest BCUT2D eigenvalue weighted by molar-refractivity contribution is -0.0329. The second-order valence-corrected chi connectivity index (χ2v) is 17.2. The average Bonchev–Trinajstić information content (AvgIpc) is 3.54. The minimum atomic E-state index is -4.61. The smallest absolute Gasteiger partial charge is 0.360 e. The number of thioether (sulfide) groups is 1. The molecule has 0 atom stereocenters. The molecule has 0 radical (unpaired) electrons. The summed E-state index contributed by atoms with van der Waals surface area (Å²) in [5.41, 5.74) is -2.91. The third kappa shape index (κ3) is 8.05. The van der Waals surface area contributed by atoms with Gasteiger partial charge in [-0.3, -0.25) is 4.79 Å². The zero-order valence-corrected chi connectivity index (χ0v) is 23.8. The van der Waals surface area contributed by atoms with Gasteiger partial charge in [0, 0.05) is 51.4 Å². The molecule has 1 N–H and O–H groups in total. The van der Waals surface area contributed by atoms with Crippen molar-refractivity contribution < 1.29 is 27.1 Å². The number of ether oxygens (including phenoxy) is 1. The number of alkyl halides is 3. The number of benzene rings is 1. The van der Waals surface area contributed by atoms with Gasteiger partial charge in [0.25, 0.3) is 5.91 Å². The molecule has 1 fully saturated rings. The van der Waals surface area contributed by atoms with Crippen LogP contribution in [0.1, 0.15) is 23.2 Å². The van der Waals surface area contributed by atoms with E-state index in [4.69, 9.17) is 4.74 Å². The minimum Gasteiger partial charge on any atom is -0.360 e. The first-order valence-electron chi connectivity index (χ1n) is 12.6. The second kappa shape index (κ2) is 12.1. The van der Waals surface area contributed by atoms with Crippen molar-refractivity contribution in [3.63, 3.8) is 0 Å². The Kier molecular flexibility index (Phi) is 9.02. The Morgan fingerprint density at radius 3 is 2.56 bits per heavy atom. The Labute approximate surface area is 229 Å². The number of anilines is 2. The standard InChI is InChI=1S/C26H31F4N5O2SSi/c1-39(2,3)13-12-37-17-35-22(8-9-32-35)20-14-18(16-31-24(20)34-10-4-5-11-34)25(36)33-19-6-7-23(21(27)15-19)38-26(28,29)30/h6-9,14-16H,4-5,10-13,17H2,1-3H3,(H,33,36). The Bertz CT molecular complexity index is 1310. The van der Waals surface area contributed by atoms with E-state index in [0.717, 1.165) is 55.6 Å². The van der Waals surface area contributed by atoms with E-state index in [9.17, 15) is 22.4 Å². The average molecular weight is 582 g/mol. The quantitative estimate of drug-likeness (QED) is 0.122. The Morgan fingerprint density at radius 1 is 1.15 bits per heavy atom. The zero-order valence-electron chi connectivity index (χ0n) is 22.0. The van der Waals surface area contributed by atoms with Crippen LogP contribution >= 0.6 is 11.8 Å². The van der Waals surface area contributed by atoms with E-state index in [2.05, 4.69) is 39.9 Å². The van der Waals surface area contributed by atoms with Gasteiger partial charge in [-0.15, -0.1) is 0 Å².